The molecular formula is C34H60N2O6. The highest BCUT2D eigenvalue weighted by Gasteiger charge is 2.34. The van der Waals surface area contributed by atoms with Crippen LogP contribution in [-0.4, -0.2) is 68.3 Å². The van der Waals surface area contributed by atoms with Gasteiger partial charge in [-0.25, -0.2) is 4.79 Å². The normalized spacial score (nSPS) is 17.6. The number of hydrogen-bond acceptors (Lipinski definition) is 7. The Bertz CT molecular complexity index is 851. The van der Waals surface area contributed by atoms with E-state index < -0.39 is 12.0 Å². The first-order valence-electron chi connectivity index (χ1n) is 15.2. The van der Waals surface area contributed by atoms with Gasteiger partial charge in [-0.15, -0.1) is 13.2 Å². The molecule has 8 nitrogen and oxygen atoms in total. The quantitative estimate of drug-likeness (QED) is 0.224. The standard InChI is InChI=1S/C20H24N2O5.C3H6O.C3H8.3C2H6.C2H4/c1-26-20(25)18(17-12-27-9-8-21-17)22-19(24)14-5-2-13(3-6-14)4-7-15-10-16(15)11-23;1-3(2)4;1-3-2;4*1-2/h2-3,5-6,15-18,21,23H,8-12H2,1H3,(H,22,24);1-2H3;3H2,1-2H3;3*1-2H3;1-2H2. The van der Waals surface area contributed by atoms with E-state index >= 15 is 0 Å². The maximum Gasteiger partial charge on any atom is 0.330 e. The van der Waals surface area contributed by atoms with Gasteiger partial charge in [-0.05, 0) is 50.5 Å². The highest BCUT2D eigenvalue weighted by Crippen LogP contribution is 2.36. The minimum Gasteiger partial charge on any atom is -0.467 e. The second kappa shape index (κ2) is 32.5. The minimum atomic E-state index is -0.826. The van der Waals surface area contributed by atoms with E-state index in [1.807, 2.05) is 41.5 Å². The lowest BCUT2D eigenvalue weighted by molar-refractivity contribution is -0.144. The van der Waals surface area contributed by atoms with Crippen molar-refractivity contribution in [3.63, 3.8) is 0 Å². The Morgan fingerprint density at radius 3 is 1.95 bits per heavy atom. The Labute approximate surface area is 257 Å². The third-order valence-electron chi connectivity index (χ3n) is 4.80. The summed E-state index contributed by atoms with van der Waals surface area (Å²) in [6.07, 6.45) is 2.19. The topological polar surface area (TPSA) is 114 Å². The molecule has 42 heavy (non-hydrogen) atoms. The molecule has 3 rings (SSSR count). The molecule has 0 bridgehead atoms. The van der Waals surface area contributed by atoms with Gasteiger partial charge in [-0.3, -0.25) is 4.79 Å². The number of nitrogens with one attached hydrogen (secondary N) is 2. The fourth-order valence-electron chi connectivity index (χ4n) is 2.98. The Morgan fingerprint density at radius 2 is 1.57 bits per heavy atom. The Hall–Kier alpha value is -2.99. The largest absolute Gasteiger partial charge is 0.467 e. The Morgan fingerprint density at radius 1 is 1.07 bits per heavy atom. The zero-order valence-corrected chi connectivity index (χ0v) is 28.3. The van der Waals surface area contributed by atoms with Gasteiger partial charge in [0.1, 0.15) is 11.8 Å². The van der Waals surface area contributed by atoms with Crippen molar-refractivity contribution in [2.45, 2.75) is 94.2 Å². The molecule has 1 aliphatic heterocycles. The fraction of sp³-hybridized carbons (Fsp3) is 0.618. The van der Waals surface area contributed by atoms with Crippen LogP contribution in [0.15, 0.2) is 37.4 Å². The number of esters is 1. The second-order valence-corrected chi connectivity index (χ2v) is 8.36. The van der Waals surface area contributed by atoms with E-state index in [0.717, 1.165) is 12.0 Å². The second-order valence-electron chi connectivity index (χ2n) is 8.36. The third kappa shape index (κ3) is 22.7. The van der Waals surface area contributed by atoms with Crippen LogP contribution in [0.5, 0.6) is 0 Å². The van der Waals surface area contributed by atoms with Crippen molar-refractivity contribution in [2.24, 2.45) is 11.8 Å². The molecule has 4 unspecified atom stereocenters. The number of aliphatic hydroxyl groups is 1. The first kappa shape index (κ1) is 46.0. The molecule has 4 atom stereocenters. The molecule has 3 N–H and O–H groups in total. The van der Waals surface area contributed by atoms with Crippen molar-refractivity contribution in [1.29, 1.82) is 0 Å². The third-order valence-corrected chi connectivity index (χ3v) is 4.80. The molecule has 242 valence electrons. The molecular weight excluding hydrogens is 532 g/mol. The highest BCUT2D eigenvalue weighted by molar-refractivity contribution is 5.97. The van der Waals surface area contributed by atoms with Crippen LogP contribution in [0.1, 0.15) is 98.0 Å². The minimum absolute atomic E-state index is 0.167. The summed E-state index contributed by atoms with van der Waals surface area (Å²) in [6.45, 7) is 27.0. The summed E-state index contributed by atoms with van der Waals surface area (Å²) in [5.41, 5.74) is 1.24. The molecule has 1 aliphatic carbocycles. The molecule has 0 spiro atoms. The molecule has 1 saturated carbocycles. The van der Waals surface area contributed by atoms with Gasteiger partial charge in [-0.1, -0.05) is 73.7 Å². The van der Waals surface area contributed by atoms with E-state index in [9.17, 15) is 14.4 Å². The van der Waals surface area contributed by atoms with Crippen molar-refractivity contribution >= 4 is 17.7 Å². The maximum atomic E-state index is 12.5. The summed E-state index contributed by atoms with van der Waals surface area (Å²) >= 11 is 0. The smallest absolute Gasteiger partial charge is 0.330 e. The van der Waals surface area contributed by atoms with Gasteiger partial charge in [0.25, 0.3) is 5.91 Å². The summed E-state index contributed by atoms with van der Waals surface area (Å²) in [6, 6.07) is 5.73. The van der Waals surface area contributed by atoms with Crippen LogP contribution in [0.2, 0.25) is 0 Å². The van der Waals surface area contributed by atoms with Gasteiger partial charge in [0.05, 0.1) is 26.4 Å². The zero-order valence-electron chi connectivity index (χ0n) is 28.3. The monoisotopic (exact) mass is 592 g/mol. The van der Waals surface area contributed by atoms with Crippen molar-refractivity contribution < 1.29 is 29.0 Å². The summed E-state index contributed by atoms with van der Waals surface area (Å²) in [4.78, 5) is 34.1. The number of methoxy groups -OCH3 is 1. The molecule has 2 fully saturated rings. The SMILES string of the molecule is C=C.CC.CC.CC.CC(C)=O.CCC.COC(=O)C(NC(=O)c1ccc(C#CC2CC2CO)cc1)C1COCCN1. The Balaban J connectivity index is -0.000000411. The zero-order chi connectivity index (χ0) is 33.5. The van der Waals surface area contributed by atoms with E-state index in [0.29, 0.717) is 31.2 Å². The fourth-order valence-corrected chi connectivity index (χ4v) is 2.98. The lowest BCUT2D eigenvalue weighted by Gasteiger charge is -2.30. The van der Waals surface area contributed by atoms with Crippen molar-refractivity contribution in [1.82, 2.24) is 10.6 Å². The van der Waals surface area contributed by atoms with E-state index in [2.05, 4.69) is 49.5 Å². The number of Topliss-reactive ketones (excluding diaryl/α,β-unsaturated/α-hetero) is 1. The number of aliphatic hydroxyl groups excluding tert-OH is 1. The number of amides is 1. The lowest BCUT2D eigenvalue weighted by Crippen LogP contribution is -2.59. The van der Waals surface area contributed by atoms with Crippen molar-refractivity contribution in [3.05, 3.63) is 48.6 Å². The van der Waals surface area contributed by atoms with E-state index in [-0.39, 0.29) is 30.3 Å². The summed E-state index contributed by atoms with van der Waals surface area (Å²) in [7, 11) is 1.29. The number of ether oxygens (including phenoxy) is 2. The highest BCUT2D eigenvalue weighted by atomic mass is 16.5. The molecule has 2 aliphatic rings. The molecule has 0 radical (unpaired) electrons. The molecule has 1 saturated heterocycles. The predicted octanol–water partition coefficient (Wildman–Crippen LogP) is 5.82. The number of rotatable bonds is 5. The first-order chi connectivity index (χ1) is 20.3. The van der Waals surface area contributed by atoms with E-state index in [4.69, 9.17) is 14.6 Å². The average molecular weight is 593 g/mol. The van der Waals surface area contributed by atoms with Gasteiger partial charge in [-0.2, -0.15) is 0 Å². The van der Waals surface area contributed by atoms with Gasteiger partial charge in [0.2, 0.25) is 0 Å². The van der Waals surface area contributed by atoms with Crippen LogP contribution in [0.4, 0.5) is 0 Å². The summed E-state index contributed by atoms with van der Waals surface area (Å²) in [5.74, 6) is 6.05. The van der Waals surface area contributed by atoms with Crippen molar-refractivity contribution in [3.8, 4) is 11.8 Å². The van der Waals surface area contributed by atoms with Crippen LogP contribution in [0.25, 0.3) is 0 Å². The maximum absolute atomic E-state index is 12.5. The molecule has 1 aromatic carbocycles. The number of morpholine rings is 1. The Kier molecular flexibility index (Phi) is 35.6. The van der Waals surface area contributed by atoms with Crippen LogP contribution < -0.4 is 10.6 Å². The number of carbonyl (C=O) groups excluding carboxylic acids is 3. The van der Waals surface area contributed by atoms with Gasteiger partial charge >= 0.3 is 5.97 Å². The lowest BCUT2D eigenvalue weighted by atomic mass is 10.1. The van der Waals surface area contributed by atoms with Crippen molar-refractivity contribution in [2.75, 3.05) is 33.5 Å². The molecule has 8 heteroatoms. The van der Waals surface area contributed by atoms with Gasteiger partial charge < -0.3 is 30.0 Å². The summed E-state index contributed by atoms with van der Waals surface area (Å²) < 4.78 is 10.2. The first-order valence-corrected chi connectivity index (χ1v) is 15.2. The molecule has 1 amide bonds. The predicted molar refractivity (Wildman–Crippen MR) is 176 cm³/mol. The average Bonchev–Trinajstić information content (AvgIpc) is 3.82. The molecule has 1 aromatic rings. The number of benzene rings is 1. The van der Waals surface area contributed by atoms with E-state index in [1.165, 1.54) is 27.4 Å². The molecule has 0 aromatic heterocycles. The van der Waals surface area contributed by atoms with Crippen LogP contribution >= 0.6 is 0 Å². The van der Waals surface area contributed by atoms with Crippen LogP contribution in [-0.2, 0) is 19.1 Å². The number of ketones is 1. The number of carbonyl (C=O) groups is 3. The van der Waals surface area contributed by atoms with Crippen LogP contribution in [0.3, 0.4) is 0 Å². The summed E-state index contributed by atoms with van der Waals surface area (Å²) in [5, 5.41) is 14.9. The number of hydrogen-bond donors (Lipinski definition) is 3. The van der Waals surface area contributed by atoms with Crippen LogP contribution in [0, 0.1) is 23.7 Å². The van der Waals surface area contributed by atoms with Gasteiger partial charge in [0, 0.05) is 30.2 Å². The van der Waals surface area contributed by atoms with Gasteiger partial charge in [0.15, 0.2) is 0 Å². The molecule has 1 heterocycles. The van der Waals surface area contributed by atoms with E-state index in [1.54, 1.807) is 24.3 Å².